The molecule has 0 aromatic heterocycles. The van der Waals surface area contributed by atoms with E-state index in [1.165, 1.54) is 16.3 Å². The van der Waals surface area contributed by atoms with Gasteiger partial charge in [-0.3, -0.25) is 4.79 Å². The average molecular weight is 399 g/mol. The lowest BCUT2D eigenvalue weighted by Crippen LogP contribution is -1.95. The van der Waals surface area contributed by atoms with Crippen LogP contribution < -0.4 is 0 Å². The van der Waals surface area contributed by atoms with E-state index in [-0.39, 0.29) is 5.78 Å². The van der Waals surface area contributed by atoms with Crippen molar-refractivity contribution < 1.29 is 4.79 Å². The maximum Gasteiger partial charge on any atom is 0.236 e. The number of rotatable bonds is 2. The molecule has 0 unspecified atom stereocenters. The SMILES string of the molecule is O=C(C#Cc1c2ccccc2c(CBr)c2ccccc12)c1ccccc1. The zero-order valence-corrected chi connectivity index (χ0v) is 15.6. The summed E-state index contributed by atoms with van der Waals surface area (Å²) in [4.78, 5) is 12.4. The summed E-state index contributed by atoms with van der Waals surface area (Å²) in [6, 6.07) is 25.7. The van der Waals surface area contributed by atoms with Gasteiger partial charge in [0.25, 0.3) is 0 Å². The highest BCUT2D eigenvalue weighted by Gasteiger charge is 2.11. The van der Waals surface area contributed by atoms with Crippen molar-refractivity contribution >= 4 is 43.3 Å². The van der Waals surface area contributed by atoms with Crippen LogP contribution >= 0.6 is 15.9 Å². The van der Waals surface area contributed by atoms with Gasteiger partial charge in [-0.25, -0.2) is 0 Å². The van der Waals surface area contributed by atoms with Crippen molar-refractivity contribution in [1.82, 2.24) is 0 Å². The molecule has 0 radical (unpaired) electrons. The third kappa shape index (κ3) is 2.92. The van der Waals surface area contributed by atoms with Gasteiger partial charge in [0.2, 0.25) is 5.78 Å². The van der Waals surface area contributed by atoms with E-state index in [4.69, 9.17) is 0 Å². The molecule has 4 aromatic rings. The molecule has 0 spiro atoms. The van der Waals surface area contributed by atoms with E-state index in [9.17, 15) is 4.79 Å². The number of carbonyl (C=O) groups is 1. The third-order valence-corrected chi connectivity index (χ3v) is 5.07. The van der Waals surface area contributed by atoms with Gasteiger partial charge in [-0.1, -0.05) is 101 Å². The van der Waals surface area contributed by atoms with Gasteiger partial charge < -0.3 is 0 Å². The molecule has 0 N–H and O–H groups in total. The lowest BCUT2D eigenvalue weighted by molar-refractivity contribution is 0.105. The molecular weight excluding hydrogens is 384 g/mol. The summed E-state index contributed by atoms with van der Waals surface area (Å²) in [5.74, 6) is 5.84. The van der Waals surface area contributed by atoms with Gasteiger partial charge in [0, 0.05) is 16.5 Å². The number of ketones is 1. The summed E-state index contributed by atoms with van der Waals surface area (Å²) in [6.45, 7) is 0. The first kappa shape index (κ1) is 16.6. The normalized spacial score (nSPS) is 10.5. The molecule has 4 aromatic carbocycles. The molecule has 0 saturated heterocycles. The van der Waals surface area contributed by atoms with Gasteiger partial charge >= 0.3 is 0 Å². The summed E-state index contributed by atoms with van der Waals surface area (Å²) in [5, 5.41) is 5.26. The maximum absolute atomic E-state index is 12.4. The molecular formula is C24H15BrO. The second-order valence-electron chi connectivity index (χ2n) is 6.02. The quantitative estimate of drug-likeness (QED) is 0.172. The number of fused-ring (bicyclic) bond motifs is 2. The molecule has 0 amide bonds. The highest BCUT2D eigenvalue weighted by atomic mass is 79.9. The molecule has 2 heteroatoms. The third-order valence-electron chi connectivity index (χ3n) is 4.51. The first-order valence-corrected chi connectivity index (χ1v) is 9.51. The van der Waals surface area contributed by atoms with Crippen LogP contribution in [0, 0.1) is 11.8 Å². The van der Waals surface area contributed by atoms with E-state index in [0.717, 1.165) is 21.7 Å². The van der Waals surface area contributed by atoms with Crippen molar-refractivity contribution in [2.24, 2.45) is 0 Å². The Kier molecular flexibility index (Phi) is 4.56. The van der Waals surface area contributed by atoms with Crippen molar-refractivity contribution in [2.75, 3.05) is 0 Å². The summed E-state index contributed by atoms with van der Waals surface area (Å²) in [7, 11) is 0. The van der Waals surface area contributed by atoms with E-state index in [1.807, 2.05) is 42.5 Å². The lowest BCUT2D eigenvalue weighted by Gasteiger charge is -2.12. The molecule has 0 bridgehead atoms. The van der Waals surface area contributed by atoms with Crippen LogP contribution in [0.2, 0.25) is 0 Å². The number of hydrogen-bond acceptors (Lipinski definition) is 1. The Labute approximate surface area is 160 Å². The van der Waals surface area contributed by atoms with E-state index >= 15 is 0 Å². The number of hydrogen-bond donors (Lipinski definition) is 0. The predicted molar refractivity (Wildman–Crippen MR) is 112 cm³/mol. The van der Waals surface area contributed by atoms with Crippen molar-refractivity contribution in [3.63, 3.8) is 0 Å². The number of Topliss-reactive ketones (excluding diaryl/α,β-unsaturated/α-hetero) is 1. The molecule has 0 heterocycles. The zero-order chi connectivity index (χ0) is 17.9. The Morgan fingerprint density at radius 3 is 1.77 bits per heavy atom. The van der Waals surface area contributed by atoms with Crippen molar-refractivity contribution in [1.29, 1.82) is 0 Å². The fraction of sp³-hybridized carbons (Fsp3) is 0.0417. The van der Waals surface area contributed by atoms with Crippen LogP contribution in [0.4, 0.5) is 0 Å². The molecule has 0 aliphatic heterocycles. The van der Waals surface area contributed by atoms with Gasteiger partial charge in [-0.2, -0.15) is 0 Å². The molecule has 0 fully saturated rings. The molecule has 0 atom stereocenters. The number of alkyl halides is 1. The summed E-state index contributed by atoms with van der Waals surface area (Å²) < 4.78 is 0. The Balaban J connectivity index is 1.98. The largest absolute Gasteiger partial charge is 0.279 e. The van der Waals surface area contributed by atoms with Crippen molar-refractivity contribution in [3.05, 3.63) is 95.6 Å². The average Bonchev–Trinajstić information content (AvgIpc) is 2.71. The highest BCUT2D eigenvalue weighted by molar-refractivity contribution is 9.08. The van der Waals surface area contributed by atoms with Gasteiger partial charge in [-0.05, 0) is 33.0 Å². The van der Waals surface area contributed by atoms with Crippen LogP contribution in [-0.2, 0) is 5.33 Å². The van der Waals surface area contributed by atoms with Crippen molar-refractivity contribution in [2.45, 2.75) is 5.33 Å². The molecule has 0 aliphatic carbocycles. The van der Waals surface area contributed by atoms with Crippen LogP contribution in [-0.4, -0.2) is 5.78 Å². The minimum absolute atomic E-state index is 0.164. The standard InChI is InChI=1S/C24H15BrO/c25-16-23-20-12-6-4-10-18(20)22(19-11-5-7-13-21(19)23)14-15-24(26)17-8-2-1-3-9-17/h1-13H,16H2. The van der Waals surface area contributed by atoms with E-state index in [1.54, 1.807) is 12.1 Å². The molecule has 124 valence electrons. The molecule has 26 heavy (non-hydrogen) atoms. The Hall–Kier alpha value is -2.89. The van der Waals surface area contributed by atoms with Crippen LogP contribution in [0.1, 0.15) is 21.5 Å². The van der Waals surface area contributed by atoms with Crippen LogP contribution in [0.5, 0.6) is 0 Å². The molecule has 0 saturated carbocycles. The van der Waals surface area contributed by atoms with Gasteiger partial charge in [0.05, 0.1) is 0 Å². The van der Waals surface area contributed by atoms with Gasteiger partial charge in [0.1, 0.15) is 0 Å². The van der Waals surface area contributed by atoms with Crippen molar-refractivity contribution in [3.8, 4) is 11.8 Å². The summed E-state index contributed by atoms with van der Waals surface area (Å²) >= 11 is 3.63. The monoisotopic (exact) mass is 398 g/mol. The zero-order valence-electron chi connectivity index (χ0n) is 14.0. The summed E-state index contributed by atoms with van der Waals surface area (Å²) in [6.07, 6.45) is 0. The molecule has 4 rings (SSSR count). The maximum atomic E-state index is 12.4. The van der Waals surface area contributed by atoms with Crippen LogP contribution in [0.3, 0.4) is 0 Å². The fourth-order valence-corrected chi connectivity index (χ4v) is 3.88. The number of carbonyl (C=O) groups excluding carboxylic acids is 1. The lowest BCUT2D eigenvalue weighted by atomic mass is 9.92. The Morgan fingerprint density at radius 2 is 1.23 bits per heavy atom. The van der Waals surface area contributed by atoms with Crippen LogP contribution in [0.25, 0.3) is 21.5 Å². The fourth-order valence-electron chi connectivity index (χ4n) is 3.28. The topological polar surface area (TPSA) is 17.1 Å². The minimum atomic E-state index is -0.164. The second kappa shape index (κ2) is 7.15. The van der Waals surface area contributed by atoms with E-state index in [0.29, 0.717) is 5.56 Å². The summed E-state index contributed by atoms with van der Waals surface area (Å²) in [5.41, 5.74) is 2.77. The predicted octanol–water partition coefficient (Wildman–Crippen LogP) is 6.12. The number of halogens is 1. The van der Waals surface area contributed by atoms with Gasteiger partial charge in [0.15, 0.2) is 0 Å². The molecule has 1 nitrogen and oxygen atoms in total. The first-order chi connectivity index (χ1) is 12.8. The Bertz CT molecular complexity index is 1120. The minimum Gasteiger partial charge on any atom is -0.279 e. The van der Waals surface area contributed by atoms with E-state index < -0.39 is 0 Å². The smallest absolute Gasteiger partial charge is 0.236 e. The Morgan fingerprint density at radius 1 is 0.731 bits per heavy atom. The molecule has 0 aliphatic rings. The van der Waals surface area contributed by atoms with Gasteiger partial charge in [-0.15, -0.1) is 0 Å². The first-order valence-electron chi connectivity index (χ1n) is 8.39. The second-order valence-corrected chi connectivity index (χ2v) is 6.58. The van der Waals surface area contributed by atoms with E-state index in [2.05, 4.69) is 52.0 Å². The number of benzene rings is 4. The van der Waals surface area contributed by atoms with Crippen LogP contribution in [0.15, 0.2) is 78.9 Å². The highest BCUT2D eigenvalue weighted by Crippen LogP contribution is 2.33.